The number of nitrogens with two attached hydrogens (primary N) is 2. The van der Waals surface area contributed by atoms with E-state index in [1.54, 1.807) is 24.3 Å². The lowest BCUT2D eigenvalue weighted by molar-refractivity contribution is -0.384. The summed E-state index contributed by atoms with van der Waals surface area (Å²) >= 11 is 0. The first-order valence-corrected chi connectivity index (χ1v) is 8.41. The fourth-order valence-corrected chi connectivity index (χ4v) is 2.87. The lowest BCUT2D eigenvalue weighted by Crippen LogP contribution is -2.16. The van der Waals surface area contributed by atoms with E-state index in [4.69, 9.17) is 21.6 Å². The number of carbonyl (C=O) groups is 2. The zero-order valence-corrected chi connectivity index (χ0v) is 16.3. The number of hydrogen-bond donors (Lipinski definition) is 3. The molecule has 0 aliphatic rings. The molecule has 9 nitrogen and oxygen atoms in total. The van der Waals surface area contributed by atoms with Crippen LogP contribution in [-0.2, 0) is 11.2 Å². The highest BCUT2D eigenvalue weighted by Gasteiger charge is 2.17. The summed E-state index contributed by atoms with van der Waals surface area (Å²) in [5, 5.41) is 19.6. The predicted octanol–water partition coefficient (Wildman–Crippen LogP) is 2.70. The molecule has 0 unspecified atom stereocenters. The molecule has 0 bridgehead atoms. The zero-order chi connectivity index (χ0) is 21.1. The van der Waals surface area contributed by atoms with Crippen LogP contribution in [-0.4, -0.2) is 22.6 Å². The molecule has 154 valence electrons. The quantitative estimate of drug-likeness (QED) is 0.136. The Bertz CT molecular complexity index is 1160. The summed E-state index contributed by atoms with van der Waals surface area (Å²) in [6, 6.07) is 13.1. The standard InChI is InChI=1S/C20H16N4O5.ClH/c21-18(25)10-16-15-7-3-13(19(22)23)9-12(15)4-8-17(16)29-20(26)11-1-5-14(6-2-11)24(27)28;/h1-9H,10H2,(H2,21,25)(H3,22,23);1H. The third-order valence-corrected chi connectivity index (χ3v) is 4.27. The Balaban J connectivity index is 0.00000320. The van der Waals surface area contributed by atoms with Crippen LogP contribution in [0.25, 0.3) is 10.8 Å². The molecule has 0 aromatic heterocycles. The smallest absolute Gasteiger partial charge is 0.343 e. The maximum absolute atomic E-state index is 12.5. The van der Waals surface area contributed by atoms with Gasteiger partial charge in [-0.3, -0.25) is 20.3 Å². The van der Waals surface area contributed by atoms with Crippen LogP contribution in [0.3, 0.4) is 0 Å². The number of nitro benzene ring substituents is 1. The van der Waals surface area contributed by atoms with Crippen molar-refractivity contribution in [2.45, 2.75) is 6.42 Å². The van der Waals surface area contributed by atoms with Gasteiger partial charge in [0.25, 0.3) is 5.69 Å². The average Bonchev–Trinajstić information content (AvgIpc) is 2.68. The Morgan fingerprint density at radius 1 is 1.00 bits per heavy atom. The van der Waals surface area contributed by atoms with Crippen molar-refractivity contribution in [1.29, 1.82) is 5.41 Å². The van der Waals surface area contributed by atoms with Crippen LogP contribution in [0.2, 0.25) is 0 Å². The molecule has 0 saturated heterocycles. The number of nitrogens with zero attached hydrogens (tertiary/aromatic N) is 1. The van der Waals surface area contributed by atoms with Gasteiger partial charge in [0.15, 0.2) is 0 Å². The number of carbonyl (C=O) groups excluding carboxylic acids is 2. The molecule has 0 aliphatic carbocycles. The second-order valence-corrected chi connectivity index (χ2v) is 6.23. The summed E-state index contributed by atoms with van der Waals surface area (Å²) in [5.74, 6) is -1.29. The van der Waals surface area contributed by atoms with Gasteiger partial charge in [-0.2, -0.15) is 0 Å². The number of nitrogen functional groups attached to an aromatic ring is 1. The number of ether oxygens (including phenoxy) is 1. The lowest BCUT2D eigenvalue weighted by Gasteiger charge is -2.13. The van der Waals surface area contributed by atoms with E-state index in [-0.39, 0.29) is 41.7 Å². The van der Waals surface area contributed by atoms with Gasteiger partial charge in [-0.1, -0.05) is 18.2 Å². The number of nitrogens with one attached hydrogen (secondary N) is 1. The summed E-state index contributed by atoms with van der Waals surface area (Å²) in [6.07, 6.45) is -0.167. The van der Waals surface area contributed by atoms with Gasteiger partial charge < -0.3 is 16.2 Å². The summed E-state index contributed by atoms with van der Waals surface area (Å²) in [6.45, 7) is 0. The van der Waals surface area contributed by atoms with Crippen LogP contribution < -0.4 is 16.2 Å². The summed E-state index contributed by atoms with van der Waals surface area (Å²) in [4.78, 5) is 34.2. The van der Waals surface area contributed by atoms with Crippen molar-refractivity contribution in [3.63, 3.8) is 0 Å². The number of primary amides is 1. The highest BCUT2D eigenvalue weighted by molar-refractivity contribution is 6.01. The van der Waals surface area contributed by atoms with Crippen LogP contribution in [0, 0.1) is 15.5 Å². The molecule has 30 heavy (non-hydrogen) atoms. The number of halogens is 1. The molecule has 0 fully saturated rings. The molecule has 3 rings (SSSR count). The van der Waals surface area contributed by atoms with Gasteiger partial charge in [-0.15, -0.1) is 12.4 Å². The van der Waals surface area contributed by atoms with Gasteiger partial charge in [0.05, 0.1) is 16.9 Å². The molecule has 0 spiro atoms. The zero-order valence-electron chi connectivity index (χ0n) is 15.5. The summed E-state index contributed by atoms with van der Waals surface area (Å²) < 4.78 is 5.44. The van der Waals surface area contributed by atoms with Gasteiger partial charge in [-0.05, 0) is 35.0 Å². The fraction of sp³-hybridized carbons (Fsp3) is 0.0500. The van der Waals surface area contributed by atoms with Crippen LogP contribution in [0.1, 0.15) is 21.5 Å². The number of rotatable bonds is 6. The topological polar surface area (TPSA) is 162 Å². The normalized spacial score (nSPS) is 10.1. The minimum absolute atomic E-state index is 0. The number of nitro groups is 1. The third-order valence-electron chi connectivity index (χ3n) is 4.27. The minimum Gasteiger partial charge on any atom is -0.423 e. The molecule has 0 radical (unpaired) electrons. The third kappa shape index (κ3) is 4.70. The van der Waals surface area contributed by atoms with E-state index >= 15 is 0 Å². The van der Waals surface area contributed by atoms with Crippen LogP contribution in [0.15, 0.2) is 54.6 Å². The van der Waals surface area contributed by atoms with Gasteiger partial charge in [0, 0.05) is 23.3 Å². The van der Waals surface area contributed by atoms with Crippen LogP contribution in [0.4, 0.5) is 5.69 Å². The molecule has 3 aromatic carbocycles. The number of esters is 1. The number of hydrogen-bond acceptors (Lipinski definition) is 6. The first-order valence-electron chi connectivity index (χ1n) is 8.41. The highest BCUT2D eigenvalue weighted by Crippen LogP contribution is 2.30. The fourth-order valence-electron chi connectivity index (χ4n) is 2.87. The van der Waals surface area contributed by atoms with E-state index in [2.05, 4.69) is 0 Å². The minimum atomic E-state index is -0.731. The van der Waals surface area contributed by atoms with Crippen molar-refractivity contribution in [1.82, 2.24) is 0 Å². The second-order valence-electron chi connectivity index (χ2n) is 6.23. The predicted molar refractivity (Wildman–Crippen MR) is 113 cm³/mol. The van der Waals surface area contributed by atoms with Crippen molar-refractivity contribution in [2.75, 3.05) is 0 Å². The molecule has 5 N–H and O–H groups in total. The molecule has 1 amide bonds. The maximum atomic E-state index is 12.5. The van der Waals surface area contributed by atoms with Gasteiger partial charge in [-0.25, -0.2) is 4.79 Å². The number of amides is 1. The monoisotopic (exact) mass is 428 g/mol. The van der Waals surface area contributed by atoms with Crippen molar-refractivity contribution in [2.24, 2.45) is 11.5 Å². The van der Waals surface area contributed by atoms with Crippen molar-refractivity contribution in [3.05, 3.63) is 81.4 Å². The van der Waals surface area contributed by atoms with E-state index in [1.165, 1.54) is 30.3 Å². The van der Waals surface area contributed by atoms with E-state index in [9.17, 15) is 19.7 Å². The number of fused-ring (bicyclic) bond motifs is 1. The van der Waals surface area contributed by atoms with Crippen LogP contribution >= 0.6 is 12.4 Å². The largest absolute Gasteiger partial charge is 0.423 e. The van der Waals surface area contributed by atoms with E-state index in [0.717, 1.165) is 0 Å². The molecule has 0 heterocycles. The molecule has 0 aliphatic heterocycles. The first-order chi connectivity index (χ1) is 13.8. The average molecular weight is 429 g/mol. The molecular weight excluding hydrogens is 412 g/mol. The number of non-ortho nitro benzene ring substituents is 1. The summed E-state index contributed by atoms with van der Waals surface area (Å²) in [5.41, 5.74) is 11.8. The molecular formula is C20H17ClN4O5. The number of amidine groups is 1. The SMILES string of the molecule is Cl.N=C(N)c1ccc2c(CC(N)=O)c(OC(=O)c3ccc([N+](=O)[O-])cc3)ccc2c1. The molecule has 10 heteroatoms. The van der Waals surface area contributed by atoms with E-state index in [0.29, 0.717) is 21.9 Å². The Kier molecular flexibility index (Phi) is 6.70. The van der Waals surface area contributed by atoms with Crippen LogP contribution in [0.5, 0.6) is 5.75 Å². The Morgan fingerprint density at radius 2 is 1.63 bits per heavy atom. The molecule has 0 saturated carbocycles. The molecule has 0 atom stereocenters. The van der Waals surface area contributed by atoms with Crippen molar-refractivity contribution >= 4 is 46.6 Å². The first kappa shape index (κ1) is 22.3. The van der Waals surface area contributed by atoms with Crippen molar-refractivity contribution < 1.29 is 19.2 Å². The van der Waals surface area contributed by atoms with E-state index in [1.807, 2.05) is 0 Å². The Labute approximate surface area is 176 Å². The number of benzene rings is 3. The maximum Gasteiger partial charge on any atom is 0.343 e. The van der Waals surface area contributed by atoms with E-state index < -0.39 is 16.8 Å². The van der Waals surface area contributed by atoms with Crippen molar-refractivity contribution in [3.8, 4) is 5.75 Å². The van der Waals surface area contributed by atoms with Gasteiger partial charge in [0.2, 0.25) is 5.91 Å². The lowest BCUT2D eigenvalue weighted by atomic mass is 9.98. The second kappa shape index (κ2) is 9.01. The summed E-state index contributed by atoms with van der Waals surface area (Å²) in [7, 11) is 0. The molecule has 3 aromatic rings. The Morgan fingerprint density at radius 3 is 2.20 bits per heavy atom. The van der Waals surface area contributed by atoms with Gasteiger partial charge in [0.1, 0.15) is 11.6 Å². The Hall–Kier alpha value is -3.98. The van der Waals surface area contributed by atoms with Gasteiger partial charge >= 0.3 is 5.97 Å². The highest BCUT2D eigenvalue weighted by atomic mass is 35.5.